The summed E-state index contributed by atoms with van der Waals surface area (Å²) in [6.07, 6.45) is 3.54. The number of benzene rings is 1. The Bertz CT molecular complexity index is 741. The molecule has 1 aliphatic rings. The summed E-state index contributed by atoms with van der Waals surface area (Å²) in [5.41, 5.74) is 7.65. The molecule has 2 aromatic rings. The van der Waals surface area contributed by atoms with Gasteiger partial charge < -0.3 is 15.5 Å². The van der Waals surface area contributed by atoms with Crippen molar-refractivity contribution >= 4 is 42.2 Å². The maximum absolute atomic E-state index is 12.5. The smallest absolute Gasteiger partial charge is 0.225 e. The highest BCUT2D eigenvalue weighted by Crippen LogP contribution is 2.23. The minimum absolute atomic E-state index is 0. The van der Waals surface area contributed by atoms with Gasteiger partial charge in [0.1, 0.15) is 0 Å². The summed E-state index contributed by atoms with van der Waals surface area (Å²) in [5.74, 6) is 0.777. The molecule has 8 heteroatoms. The zero-order valence-electron chi connectivity index (χ0n) is 16.5. The zero-order valence-corrected chi connectivity index (χ0v) is 18.2. The monoisotopic (exact) mass is 425 g/mol. The minimum atomic E-state index is -0.497. The van der Waals surface area contributed by atoms with Gasteiger partial charge in [-0.1, -0.05) is 20.8 Å². The van der Waals surface area contributed by atoms with Crippen LogP contribution in [0.3, 0.4) is 0 Å². The number of anilines is 2. The fraction of sp³-hybridized carbons (Fsp3) is 0.450. The van der Waals surface area contributed by atoms with Gasteiger partial charge >= 0.3 is 0 Å². The van der Waals surface area contributed by atoms with Crippen LogP contribution in [0.2, 0.25) is 0 Å². The topological polar surface area (TPSA) is 75.4 Å². The molecule has 6 nitrogen and oxygen atoms in total. The number of hydrogen-bond donors (Lipinski definition) is 1. The summed E-state index contributed by atoms with van der Waals surface area (Å²) in [4.78, 5) is 25.7. The Morgan fingerprint density at radius 1 is 0.964 bits per heavy atom. The molecule has 1 saturated heterocycles. The lowest BCUT2D eigenvalue weighted by Crippen LogP contribution is -2.47. The van der Waals surface area contributed by atoms with Crippen molar-refractivity contribution in [2.75, 3.05) is 36.0 Å². The van der Waals surface area contributed by atoms with Gasteiger partial charge in [0.05, 0.1) is 6.04 Å². The fourth-order valence-electron chi connectivity index (χ4n) is 3.03. The van der Waals surface area contributed by atoms with Crippen LogP contribution in [-0.4, -0.2) is 48.0 Å². The summed E-state index contributed by atoms with van der Waals surface area (Å²) >= 11 is 0. The van der Waals surface area contributed by atoms with Crippen LogP contribution in [0.15, 0.2) is 42.7 Å². The van der Waals surface area contributed by atoms with E-state index in [0.29, 0.717) is 5.56 Å². The number of aromatic nitrogens is 2. The van der Waals surface area contributed by atoms with E-state index in [2.05, 4.69) is 19.8 Å². The fourth-order valence-corrected chi connectivity index (χ4v) is 3.03. The van der Waals surface area contributed by atoms with Crippen molar-refractivity contribution in [3.63, 3.8) is 0 Å². The van der Waals surface area contributed by atoms with E-state index in [9.17, 15) is 4.79 Å². The van der Waals surface area contributed by atoms with Gasteiger partial charge in [-0.3, -0.25) is 4.79 Å². The van der Waals surface area contributed by atoms with E-state index in [1.807, 2.05) is 51.1 Å². The lowest BCUT2D eigenvalue weighted by molar-refractivity contribution is 0.0901. The van der Waals surface area contributed by atoms with Crippen LogP contribution in [-0.2, 0) is 0 Å². The van der Waals surface area contributed by atoms with Gasteiger partial charge in [-0.2, -0.15) is 0 Å². The first-order chi connectivity index (χ1) is 12.4. The van der Waals surface area contributed by atoms with E-state index in [1.54, 1.807) is 12.4 Å². The highest BCUT2D eigenvalue weighted by Gasteiger charge is 2.28. The van der Waals surface area contributed by atoms with Gasteiger partial charge in [-0.15, -0.1) is 24.8 Å². The molecule has 3 rings (SSSR count). The Hall–Kier alpha value is -1.89. The second kappa shape index (κ2) is 10.0. The normalized spacial score (nSPS) is 15.3. The first kappa shape index (κ1) is 24.1. The van der Waals surface area contributed by atoms with Crippen molar-refractivity contribution in [2.45, 2.75) is 26.8 Å². The molecule has 0 aliphatic carbocycles. The number of Topliss-reactive ketones (excluding diaryl/α,β-unsaturated/α-hetero) is 1. The number of carbonyl (C=O) groups is 1. The number of hydrogen-bond acceptors (Lipinski definition) is 6. The van der Waals surface area contributed by atoms with E-state index in [1.165, 1.54) is 0 Å². The quantitative estimate of drug-likeness (QED) is 0.757. The number of nitrogens with zero attached hydrogens (tertiary/aromatic N) is 4. The van der Waals surface area contributed by atoms with Crippen LogP contribution in [0.1, 0.15) is 31.1 Å². The van der Waals surface area contributed by atoms with Crippen LogP contribution in [0.4, 0.5) is 11.6 Å². The van der Waals surface area contributed by atoms with E-state index in [4.69, 9.17) is 5.73 Å². The van der Waals surface area contributed by atoms with Gasteiger partial charge in [0.15, 0.2) is 5.78 Å². The predicted molar refractivity (Wildman–Crippen MR) is 119 cm³/mol. The molecule has 28 heavy (non-hydrogen) atoms. The molecule has 1 aliphatic heterocycles. The average Bonchev–Trinajstić information content (AvgIpc) is 2.67. The third-order valence-corrected chi connectivity index (χ3v) is 4.85. The third-order valence-electron chi connectivity index (χ3n) is 4.85. The summed E-state index contributed by atoms with van der Waals surface area (Å²) in [7, 11) is 0. The molecule has 1 fully saturated rings. The SMILES string of the molecule is CC(C)(C)C(N)C(=O)c1ccc(N2CCN(c3ncccn3)CC2)cc1.Cl.Cl. The maximum Gasteiger partial charge on any atom is 0.225 e. The Morgan fingerprint density at radius 2 is 1.46 bits per heavy atom. The second-order valence-corrected chi connectivity index (χ2v) is 7.78. The third kappa shape index (κ3) is 5.56. The van der Waals surface area contributed by atoms with Gasteiger partial charge in [-0.25, -0.2) is 9.97 Å². The van der Waals surface area contributed by atoms with E-state index in [-0.39, 0.29) is 36.0 Å². The van der Waals surface area contributed by atoms with Crippen LogP contribution in [0.5, 0.6) is 0 Å². The zero-order chi connectivity index (χ0) is 18.7. The van der Waals surface area contributed by atoms with Gasteiger partial charge in [-0.05, 0) is 35.7 Å². The molecule has 154 valence electrons. The molecule has 2 heterocycles. The number of rotatable bonds is 4. The second-order valence-electron chi connectivity index (χ2n) is 7.78. The lowest BCUT2D eigenvalue weighted by atomic mass is 9.83. The summed E-state index contributed by atoms with van der Waals surface area (Å²) in [6.45, 7) is 9.50. The maximum atomic E-state index is 12.5. The highest BCUT2D eigenvalue weighted by atomic mass is 35.5. The summed E-state index contributed by atoms with van der Waals surface area (Å²) < 4.78 is 0. The van der Waals surface area contributed by atoms with Crippen LogP contribution in [0, 0.1) is 5.41 Å². The van der Waals surface area contributed by atoms with Gasteiger partial charge in [0.25, 0.3) is 0 Å². The minimum Gasteiger partial charge on any atom is -0.368 e. The first-order valence-electron chi connectivity index (χ1n) is 9.03. The Labute approximate surface area is 179 Å². The number of ketones is 1. The van der Waals surface area contributed by atoms with Crippen LogP contribution >= 0.6 is 24.8 Å². The van der Waals surface area contributed by atoms with Crippen LogP contribution < -0.4 is 15.5 Å². The molecule has 0 saturated carbocycles. The summed E-state index contributed by atoms with van der Waals surface area (Å²) in [6, 6.07) is 9.12. The molecule has 1 atom stereocenters. The Morgan fingerprint density at radius 3 is 1.96 bits per heavy atom. The van der Waals surface area contributed by atoms with E-state index in [0.717, 1.165) is 37.8 Å². The molecule has 2 N–H and O–H groups in total. The van der Waals surface area contributed by atoms with Crippen molar-refractivity contribution in [2.24, 2.45) is 11.1 Å². The molecular formula is C20H29Cl2N5O. The van der Waals surface area contributed by atoms with Gasteiger partial charge in [0, 0.05) is 49.8 Å². The number of nitrogens with two attached hydrogens (primary N) is 1. The largest absolute Gasteiger partial charge is 0.368 e. The Kier molecular flexibility index (Phi) is 8.67. The first-order valence-corrected chi connectivity index (χ1v) is 9.03. The van der Waals surface area contributed by atoms with Crippen molar-refractivity contribution in [3.8, 4) is 0 Å². The predicted octanol–water partition coefficient (Wildman–Crippen LogP) is 3.20. The molecule has 1 unspecified atom stereocenters. The molecule has 1 aromatic carbocycles. The lowest BCUT2D eigenvalue weighted by Gasteiger charge is -2.36. The number of carbonyl (C=O) groups excluding carboxylic acids is 1. The van der Waals surface area contributed by atoms with Crippen molar-refractivity contribution < 1.29 is 4.79 Å². The average molecular weight is 426 g/mol. The molecule has 0 spiro atoms. The number of piperazine rings is 1. The molecular weight excluding hydrogens is 397 g/mol. The molecule has 0 bridgehead atoms. The van der Waals surface area contributed by atoms with Crippen molar-refractivity contribution in [1.82, 2.24) is 9.97 Å². The molecule has 1 aromatic heterocycles. The van der Waals surface area contributed by atoms with Gasteiger partial charge in [0.2, 0.25) is 5.95 Å². The molecule has 0 amide bonds. The van der Waals surface area contributed by atoms with Crippen molar-refractivity contribution in [3.05, 3.63) is 48.3 Å². The van der Waals surface area contributed by atoms with E-state index >= 15 is 0 Å². The summed E-state index contributed by atoms with van der Waals surface area (Å²) in [5, 5.41) is 0. The molecule has 0 radical (unpaired) electrons. The van der Waals surface area contributed by atoms with Crippen LogP contribution in [0.25, 0.3) is 0 Å². The highest BCUT2D eigenvalue weighted by molar-refractivity contribution is 6.00. The Balaban J connectivity index is 0.00000196. The van der Waals surface area contributed by atoms with Crippen molar-refractivity contribution in [1.29, 1.82) is 0 Å². The standard InChI is InChI=1S/C20H27N5O.2ClH/c1-20(2,3)18(21)17(26)15-5-7-16(8-6-15)24-11-13-25(14-12-24)19-22-9-4-10-23-19;;/h4-10,18H,11-14,21H2,1-3H3;2*1H. The van der Waals surface area contributed by atoms with E-state index < -0.39 is 6.04 Å². The number of halogens is 2.